The Balaban J connectivity index is 1.88. The van der Waals surface area contributed by atoms with Crippen molar-refractivity contribution in [2.45, 2.75) is 25.3 Å². The molecular formula is C18H19N3O5S. The van der Waals surface area contributed by atoms with Gasteiger partial charge in [-0.3, -0.25) is 4.79 Å². The number of aryl methyl sites for hydroxylation is 2. The summed E-state index contributed by atoms with van der Waals surface area (Å²) in [6.45, 7) is 2.57. The molecule has 1 aromatic carbocycles. The van der Waals surface area contributed by atoms with E-state index in [1.807, 2.05) is 6.07 Å². The highest BCUT2D eigenvalue weighted by Crippen LogP contribution is 2.25. The molecule has 9 heteroatoms. The molecule has 0 fully saturated rings. The third kappa shape index (κ3) is 4.26. The zero-order valence-electron chi connectivity index (χ0n) is 14.9. The zero-order chi connectivity index (χ0) is 19.4. The van der Waals surface area contributed by atoms with Gasteiger partial charge in [-0.15, -0.1) is 0 Å². The van der Waals surface area contributed by atoms with Gasteiger partial charge in [0.1, 0.15) is 16.3 Å². The van der Waals surface area contributed by atoms with Gasteiger partial charge in [0.05, 0.1) is 19.4 Å². The van der Waals surface area contributed by atoms with Gasteiger partial charge in [-0.05, 0) is 38.1 Å². The number of hydrogen-bond donors (Lipinski definition) is 1. The Morgan fingerprint density at radius 3 is 2.48 bits per heavy atom. The SMILES string of the molecule is Cc1noc(C)c1S(=O)(=O)N(CC(=O)Nc1ccccc1)Cc1ccco1. The van der Waals surface area contributed by atoms with Crippen LogP contribution in [-0.4, -0.2) is 30.3 Å². The number of benzene rings is 1. The minimum Gasteiger partial charge on any atom is -0.468 e. The molecule has 0 spiro atoms. The monoisotopic (exact) mass is 389 g/mol. The highest BCUT2D eigenvalue weighted by atomic mass is 32.2. The normalized spacial score (nSPS) is 11.7. The largest absolute Gasteiger partial charge is 0.468 e. The lowest BCUT2D eigenvalue weighted by atomic mass is 10.3. The average Bonchev–Trinajstić information content (AvgIpc) is 3.25. The number of anilines is 1. The van der Waals surface area contributed by atoms with Gasteiger partial charge in [0, 0.05) is 5.69 Å². The van der Waals surface area contributed by atoms with Crippen molar-refractivity contribution >= 4 is 21.6 Å². The van der Waals surface area contributed by atoms with E-state index in [9.17, 15) is 13.2 Å². The molecular weight excluding hydrogens is 370 g/mol. The van der Waals surface area contributed by atoms with Gasteiger partial charge in [0.2, 0.25) is 15.9 Å². The highest BCUT2D eigenvalue weighted by Gasteiger charge is 2.33. The molecule has 0 saturated heterocycles. The number of amides is 1. The Hall–Kier alpha value is -2.91. The first-order valence-corrected chi connectivity index (χ1v) is 9.62. The number of para-hydroxylation sites is 1. The fraction of sp³-hybridized carbons (Fsp3) is 0.222. The van der Waals surface area contributed by atoms with Crippen LogP contribution in [0.25, 0.3) is 0 Å². The molecule has 27 heavy (non-hydrogen) atoms. The van der Waals surface area contributed by atoms with Crippen LogP contribution in [0.3, 0.4) is 0 Å². The van der Waals surface area contributed by atoms with Crippen molar-refractivity contribution in [1.29, 1.82) is 0 Å². The van der Waals surface area contributed by atoms with E-state index in [4.69, 9.17) is 8.94 Å². The summed E-state index contributed by atoms with van der Waals surface area (Å²) in [5.74, 6) is 0.112. The van der Waals surface area contributed by atoms with Crippen LogP contribution in [0, 0.1) is 13.8 Å². The van der Waals surface area contributed by atoms with Gasteiger partial charge in [-0.2, -0.15) is 4.31 Å². The first-order valence-electron chi connectivity index (χ1n) is 8.18. The van der Waals surface area contributed by atoms with Crippen LogP contribution in [0.5, 0.6) is 0 Å². The van der Waals surface area contributed by atoms with E-state index in [1.165, 1.54) is 13.2 Å². The van der Waals surface area contributed by atoms with Gasteiger partial charge >= 0.3 is 0 Å². The van der Waals surface area contributed by atoms with Crippen molar-refractivity contribution in [3.63, 3.8) is 0 Å². The average molecular weight is 389 g/mol. The summed E-state index contributed by atoms with van der Waals surface area (Å²) in [6.07, 6.45) is 1.44. The summed E-state index contributed by atoms with van der Waals surface area (Å²) in [7, 11) is -4.03. The fourth-order valence-corrected chi connectivity index (χ4v) is 4.31. The molecule has 0 atom stereocenters. The fourth-order valence-electron chi connectivity index (χ4n) is 2.66. The Labute approximate surface area is 156 Å². The minimum absolute atomic E-state index is 0.0402. The van der Waals surface area contributed by atoms with Gasteiger partial charge in [-0.1, -0.05) is 23.4 Å². The molecule has 142 valence electrons. The molecule has 0 radical (unpaired) electrons. The maximum Gasteiger partial charge on any atom is 0.249 e. The Kier molecular flexibility index (Phi) is 5.43. The van der Waals surface area contributed by atoms with Crippen molar-refractivity contribution in [3.8, 4) is 0 Å². The number of carbonyl (C=O) groups excluding carboxylic acids is 1. The van der Waals surface area contributed by atoms with Gasteiger partial charge in [0.15, 0.2) is 5.76 Å². The second-order valence-corrected chi connectivity index (χ2v) is 7.79. The molecule has 8 nitrogen and oxygen atoms in total. The third-order valence-corrected chi connectivity index (χ3v) is 5.89. The minimum atomic E-state index is -4.03. The predicted octanol–water partition coefficient (Wildman–Crippen LogP) is 2.71. The lowest BCUT2D eigenvalue weighted by Gasteiger charge is -2.20. The summed E-state index contributed by atoms with van der Waals surface area (Å²) >= 11 is 0. The van der Waals surface area contributed by atoms with E-state index in [0.717, 1.165) is 4.31 Å². The lowest BCUT2D eigenvalue weighted by Crippen LogP contribution is -2.37. The molecule has 0 aliphatic rings. The molecule has 3 rings (SSSR count). The van der Waals surface area contributed by atoms with Crippen molar-refractivity contribution in [2.75, 3.05) is 11.9 Å². The topological polar surface area (TPSA) is 106 Å². The van der Waals surface area contributed by atoms with Crippen LogP contribution in [0.2, 0.25) is 0 Å². The van der Waals surface area contributed by atoms with Crippen LogP contribution in [-0.2, 0) is 21.4 Å². The number of carbonyl (C=O) groups is 1. The Bertz CT molecular complexity index is 991. The van der Waals surface area contributed by atoms with Gasteiger partial charge < -0.3 is 14.3 Å². The van der Waals surface area contributed by atoms with E-state index in [2.05, 4.69) is 10.5 Å². The number of nitrogens with one attached hydrogen (secondary N) is 1. The smallest absolute Gasteiger partial charge is 0.249 e. The molecule has 3 aromatic rings. The summed E-state index contributed by atoms with van der Waals surface area (Å²) in [5.41, 5.74) is 0.815. The summed E-state index contributed by atoms with van der Waals surface area (Å²) < 4.78 is 37.6. The van der Waals surface area contributed by atoms with Crippen LogP contribution < -0.4 is 5.32 Å². The molecule has 2 aromatic heterocycles. The Morgan fingerprint density at radius 1 is 1.15 bits per heavy atom. The number of furan rings is 1. The van der Waals surface area contributed by atoms with Crippen molar-refractivity contribution in [1.82, 2.24) is 9.46 Å². The molecule has 2 heterocycles. The standard InChI is InChI=1S/C18H19N3O5S/c1-13-18(14(2)26-20-13)27(23,24)21(11-16-9-6-10-25-16)12-17(22)19-15-7-4-3-5-8-15/h3-10H,11-12H2,1-2H3,(H,19,22). The van der Waals surface area contributed by atoms with Gasteiger partial charge in [-0.25, -0.2) is 8.42 Å². The number of hydrogen-bond acceptors (Lipinski definition) is 6. The van der Waals surface area contributed by atoms with Crippen molar-refractivity contribution in [2.24, 2.45) is 0 Å². The second-order valence-electron chi connectivity index (χ2n) is 5.92. The van der Waals surface area contributed by atoms with E-state index < -0.39 is 15.9 Å². The van der Waals surface area contributed by atoms with Crippen LogP contribution in [0.1, 0.15) is 17.2 Å². The summed E-state index contributed by atoms with van der Waals surface area (Å²) in [6, 6.07) is 12.1. The molecule has 0 unspecified atom stereocenters. The molecule has 0 bridgehead atoms. The maximum atomic E-state index is 13.2. The number of sulfonamides is 1. The zero-order valence-corrected chi connectivity index (χ0v) is 15.7. The van der Waals surface area contributed by atoms with Gasteiger partial charge in [0.25, 0.3) is 0 Å². The first kappa shape index (κ1) is 18.9. The predicted molar refractivity (Wildman–Crippen MR) is 97.4 cm³/mol. The van der Waals surface area contributed by atoms with E-state index >= 15 is 0 Å². The summed E-state index contributed by atoms with van der Waals surface area (Å²) in [4.78, 5) is 12.4. The summed E-state index contributed by atoms with van der Waals surface area (Å²) in [5, 5.41) is 6.39. The molecule has 1 amide bonds. The first-order chi connectivity index (χ1) is 12.9. The number of nitrogens with zero attached hydrogens (tertiary/aromatic N) is 2. The van der Waals surface area contributed by atoms with Crippen LogP contribution >= 0.6 is 0 Å². The second kappa shape index (κ2) is 7.77. The van der Waals surface area contributed by atoms with E-state index in [0.29, 0.717) is 11.4 Å². The van der Waals surface area contributed by atoms with E-state index in [1.54, 1.807) is 43.3 Å². The van der Waals surface area contributed by atoms with Crippen molar-refractivity contribution < 1.29 is 22.2 Å². The van der Waals surface area contributed by atoms with Crippen LogP contribution in [0.15, 0.2) is 62.6 Å². The highest BCUT2D eigenvalue weighted by molar-refractivity contribution is 7.89. The molecule has 0 aliphatic heterocycles. The maximum absolute atomic E-state index is 13.2. The van der Waals surface area contributed by atoms with E-state index in [-0.39, 0.29) is 29.4 Å². The molecule has 0 saturated carbocycles. The Morgan fingerprint density at radius 2 is 1.89 bits per heavy atom. The lowest BCUT2D eigenvalue weighted by molar-refractivity contribution is -0.116. The van der Waals surface area contributed by atoms with Crippen molar-refractivity contribution in [3.05, 3.63) is 65.9 Å². The number of rotatable bonds is 7. The molecule has 1 N–H and O–H groups in total. The molecule has 0 aliphatic carbocycles. The van der Waals surface area contributed by atoms with Crippen LogP contribution in [0.4, 0.5) is 5.69 Å². The third-order valence-electron chi connectivity index (χ3n) is 3.86. The number of aromatic nitrogens is 1. The quantitative estimate of drug-likeness (QED) is 0.666.